The van der Waals surface area contributed by atoms with Gasteiger partial charge in [0.15, 0.2) is 0 Å². The fourth-order valence-electron chi connectivity index (χ4n) is 3.53. The summed E-state index contributed by atoms with van der Waals surface area (Å²) in [5, 5.41) is 12.1. The average Bonchev–Trinajstić information content (AvgIpc) is 3.22. The Morgan fingerprint density at radius 1 is 1.21 bits per heavy atom. The number of halogens is 1. The molecule has 1 amide bonds. The first kappa shape index (κ1) is 23.2. The molecule has 0 atom stereocenters. The number of fused-ring (bicyclic) bond motifs is 2. The van der Waals surface area contributed by atoms with Gasteiger partial charge >= 0.3 is 0 Å². The van der Waals surface area contributed by atoms with Crippen LogP contribution >= 0.6 is 22.9 Å². The number of nitrogens with zero attached hydrogens (tertiary/aromatic N) is 4. The van der Waals surface area contributed by atoms with E-state index in [4.69, 9.17) is 11.6 Å². The highest BCUT2D eigenvalue weighted by molar-refractivity contribution is 7.20. The summed E-state index contributed by atoms with van der Waals surface area (Å²) in [6.07, 6.45) is 0. The zero-order chi connectivity index (χ0) is 23.5. The number of carbonyl (C=O) groups is 1. The zero-order valence-electron chi connectivity index (χ0n) is 18.7. The van der Waals surface area contributed by atoms with Crippen LogP contribution in [0.2, 0.25) is 5.02 Å². The first-order valence-electron chi connectivity index (χ1n) is 10.8. The summed E-state index contributed by atoms with van der Waals surface area (Å²) in [5.41, 5.74) is 2.35. The van der Waals surface area contributed by atoms with Crippen LogP contribution < -0.4 is 16.2 Å². The Kier molecular flexibility index (Phi) is 6.92. The molecule has 0 aliphatic carbocycles. The number of benzene rings is 2. The van der Waals surface area contributed by atoms with Crippen molar-refractivity contribution >= 4 is 55.5 Å². The molecule has 0 bridgehead atoms. The van der Waals surface area contributed by atoms with Gasteiger partial charge in [-0.1, -0.05) is 42.9 Å². The van der Waals surface area contributed by atoms with Crippen molar-refractivity contribution in [3.63, 3.8) is 0 Å². The molecule has 0 saturated carbocycles. The number of nitrogens with one attached hydrogen (secondary N) is 2. The minimum absolute atomic E-state index is 0.186. The van der Waals surface area contributed by atoms with Crippen molar-refractivity contribution in [3.8, 4) is 0 Å². The van der Waals surface area contributed by atoms with Gasteiger partial charge in [0, 0.05) is 29.4 Å². The van der Waals surface area contributed by atoms with E-state index in [2.05, 4.69) is 39.5 Å². The summed E-state index contributed by atoms with van der Waals surface area (Å²) in [7, 11) is 0. The van der Waals surface area contributed by atoms with Gasteiger partial charge in [0.25, 0.3) is 11.5 Å². The fraction of sp³-hybridized carbons (Fsp3) is 0.304. The van der Waals surface area contributed by atoms with Gasteiger partial charge in [0.2, 0.25) is 10.1 Å². The molecule has 0 aliphatic rings. The van der Waals surface area contributed by atoms with Crippen LogP contribution in [0, 0.1) is 6.92 Å². The Morgan fingerprint density at radius 3 is 2.76 bits per heavy atom. The molecule has 33 heavy (non-hydrogen) atoms. The molecule has 0 aliphatic heterocycles. The van der Waals surface area contributed by atoms with Gasteiger partial charge in [-0.25, -0.2) is 4.98 Å². The highest BCUT2D eigenvalue weighted by atomic mass is 35.5. The van der Waals surface area contributed by atoms with Crippen molar-refractivity contribution in [1.29, 1.82) is 0 Å². The molecular weight excluding hydrogens is 460 g/mol. The third kappa shape index (κ3) is 4.85. The van der Waals surface area contributed by atoms with Crippen molar-refractivity contribution in [2.45, 2.75) is 20.8 Å². The number of hydrogen-bond donors (Lipinski definition) is 2. The predicted octanol–water partition coefficient (Wildman–Crippen LogP) is 4.08. The van der Waals surface area contributed by atoms with Crippen molar-refractivity contribution in [3.05, 3.63) is 62.9 Å². The van der Waals surface area contributed by atoms with Crippen molar-refractivity contribution in [2.75, 3.05) is 31.5 Å². The number of hydrogen-bond acceptors (Lipinski definition) is 7. The highest BCUT2D eigenvalue weighted by Gasteiger charge is 2.14. The summed E-state index contributed by atoms with van der Waals surface area (Å²) in [4.78, 5) is 32.8. The molecule has 2 aromatic heterocycles. The standard InChI is InChI=1S/C23H25ClN6O2S/c1-4-29(5-2)12-11-25-20(31)15-9-10-16-19(13-15)27-23-30(21(16)32)28-22(33-23)26-18-8-6-7-17(24)14(18)3/h6-10,13H,4-5,11-12H2,1-3H3,(H,25,31)(H,26,28). The summed E-state index contributed by atoms with van der Waals surface area (Å²) < 4.78 is 1.28. The Bertz CT molecular complexity index is 1380. The fourth-order valence-corrected chi connectivity index (χ4v) is 4.51. The lowest BCUT2D eigenvalue weighted by Crippen LogP contribution is -2.34. The molecule has 4 rings (SSSR count). The van der Waals surface area contributed by atoms with E-state index in [1.165, 1.54) is 15.9 Å². The lowest BCUT2D eigenvalue weighted by Gasteiger charge is -2.17. The molecule has 2 aromatic carbocycles. The van der Waals surface area contributed by atoms with Gasteiger partial charge in [-0.15, -0.1) is 5.10 Å². The second kappa shape index (κ2) is 9.86. The maximum atomic E-state index is 13.0. The zero-order valence-corrected chi connectivity index (χ0v) is 20.3. The van der Waals surface area contributed by atoms with Crippen LogP contribution in [0.5, 0.6) is 0 Å². The quantitative estimate of drug-likeness (QED) is 0.391. The van der Waals surface area contributed by atoms with Gasteiger partial charge in [0.1, 0.15) is 0 Å². The van der Waals surface area contributed by atoms with Crippen LogP contribution in [0.15, 0.2) is 41.2 Å². The summed E-state index contributed by atoms with van der Waals surface area (Å²) in [6, 6.07) is 10.5. The van der Waals surface area contributed by atoms with Crippen molar-refractivity contribution < 1.29 is 4.79 Å². The van der Waals surface area contributed by atoms with E-state index in [-0.39, 0.29) is 11.5 Å². The first-order valence-corrected chi connectivity index (χ1v) is 12.0. The number of carbonyl (C=O) groups excluding carboxylic acids is 1. The number of aromatic nitrogens is 3. The molecule has 172 valence electrons. The maximum Gasteiger partial charge on any atom is 0.283 e. The van der Waals surface area contributed by atoms with Gasteiger partial charge < -0.3 is 15.5 Å². The average molecular weight is 485 g/mol. The lowest BCUT2D eigenvalue weighted by molar-refractivity contribution is 0.0949. The van der Waals surface area contributed by atoms with Crippen LogP contribution in [0.1, 0.15) is 29.8 Å². The Hall–Kier alpha value is -3.01. The van der Waals surface area contributed by atoms with Gasteiger partial charge in [-0.2, -0.15) is 4.52 Å². The summed E-state index contributed by atoms with van der Waals surface area (Å²) in [5.74, 6) is -0.186. The molecule has 2 heterocycles. The van der Waals surface area contributed by atoms with Crippen LogP contribution in [-0.4, -0.2) is 51.6 Å². The Balaban J connectivity index is 1.60. The highest BCUT2D eigenvalue weighted by Crippen LogP contribution is 2.28. The van der Waals surface area contributed by atoms with Crippen LogP contribution in [-0.2, 0) is 0 Å². The second-order valence-corrected chi connectivity index (χ2v) is 8.93. The molecular formula is C23H25ClN6O2S. The number of rotatable bonds is 8. The van der Waals surface area contributed by atoms with E-state index >= 15 is 0 Å². The van der Waals surface area contributed by atoms with Gasteiger partial charge in [-0.3, -0.25) is 9.59 Å². The van der Waals surface area contributed by atoms with Crippen LogP contribution in [0.4, 0.5) is 10.8 Å². The monoisotopic (exact) mass is 484 g/mol. The SMILES string of the molecule is CCN(CC)CCNC(=O)c1ccc2c(=O)n3nc(Nc4cccc(Cl)c4C)sc3nc2c1. The van der Waals surface area contributed by atoms with E-state index in [1.54, 1.807) is 18.2 Å². The number of anilines is 2. The molecule has 8 nitrogen and oxygen atoms in total. The molecule has 0 saturated heterocycles. The third-order valence-electron chi connectivity index (χ3n) is 5.58. The minimum Gasteiger partial charge on any atom is -0.351 e. The largest absolute Gasteiger partial charge is 0.351 e. The van der Waals surface area contributed by atoms with E-state index in [0.717, 1.165) is 30.9 Å². The Labute approximate surface area is 200 Å². The number of amides is 1. The molecule has 0 unspecified atom stereocenters. The van der Waals surface area contributed by atoms with E-state index in [9.17, 15) is 9.59 Å². The molecule has 4 aromatic rings. The third-order valence-corrected chi connectivity index (χ3v) is 6.81. The van der Waals surface area contributed by atoms with Gasteiger partial charge in [0.05, 0.1) is 10.9 Å². The summed E-state index contributed by atoms with van der Waals surface area (Å²) >= 11 is 7.45. The maximum absolute atomic E-state index is 13.0. The minimum atomic E-state index is -0.282. The predicted molar refractivity (Wildman–Crippen MR) is 134 cm³/mol. The normalized spacial score (nSPS) is 11.4. The van der Waals surface area contributed by atoms with E-state index in [1.807, 2.05) is 25.1 Å². The topological polar surface area (TPSA) is 91.6 Å². The molecule has 0 radical (unpaired) electrons. The number of likely N-dealkylation sites (N-methyl/N-ethyl adjacent to an activating group) is 1. The molecule has 0 spiro atoms. The first-order chi connectivity index (χ1) is 15.9. The van der Waals surface area contributed by atoms with E-state index in [0.29, 0.717) is 38.1 Å². The molecule has 10 heteroatoms. The Morgan fingerprint density at radius 2 is 2.00 bits per heavy atom. The van der Waals surface area contributed by atoms with Crippen molar-refractivity contribution in [1.82, 2.24) is 24.8 Å². The van der Waals surface area contributed by atoms with Crippen LogP contribution in [0.25, 0.3) is 15.9 Å². The smallest absolute Gasteiger partial charge is 0.283 e. The second-order valence-electron chi connectivity index (χ2n) is 7.57. The molecule has 2 N–H and O–H groups in total. The van der Waals surface area contributed by atoms with Gasteiger partial charge in [-0.05, 0) is 55.9 Å². The van der Waals surface area contributed by atoms with Crippen LogP contribution in [0.3, 0.4) is 0 Å². The van der Waals surface area contributed by atoms with Crippen molar-refractivity contribution in [2.24, 2.45) is 0 Å². The lowest BCUT2D eigenvalue weighted by atomic mass is 10.1. The van der Waals surface area contributed by atoms with E-state index < -0.39 is 0 Å². The molecule has 0 fully saturated rings. The summed E-state index contributed by atoms with van der Waals surface area (Å²) in [6.45, 7) is 9.32.